The second-order valence-corrected chi connectivity index (χ2v) is 7.78. The lowest BCUT2D eigenvalue weighted by atomic mass is 9.90. The van der Waals surface area contributed by atoms with E-state index in [0.717, 1.165) is 24.2 Å². The second kappa shape index (κ2) is 5.25. The molecule has 1 fully saturated rings. The van der Waals surface area contributed by atoms with E-state index in [4.69, 9.17) is 9.15 Å². The van der Waals surface area contributed by atoms with E-state index in [1.54, 1.807) is 6.07 Å². The molecular weight excluding hydrogens is 314 g/mol. The van der Waals surface area contributed by atoms with Gasteiger partial charge in [0.2, 0.25) is 5.09 Å². The molecule has 1 unspecified atom stereocenters. The van der Waals surface area contributed by atoms with Gasteiger partial charge in [0, 0.05) is 12.1 Å². The molecule has 120 valence electrons. The van der Waals surface area contributed by atoms with E-state index in [2.05, 4.69) is 0 Å². The topological polar surface area (TPSA) is 59.8 Å². The van der Waals surface area contributed by atoms with E-state index < -0.39 is 15.6 Å². The molecule has 0 aliphatic carbocycles. The van der Waals surface area contributed by atoms with Crippen molar-refractivity contribution in [3.63, 3.8) is 0 Å². The highest BCUT2D eigenvalue weighted by molar-refractivity contribution is 7.89. The highest BCUT2D eigenvalue weighted by Crippen LogP contribution is 2.37. The summed E-state index contributed by atoms with van der Waals surface area (Å²) in [6.45, 7) is 0.768. The standard InChI is InChI=1S/C17H17NO4S/c19-23(20,16-7-3-12-21-16)18-11-4-9-17(13-18)10-8-14-5-1-2-6-15(14)22-17/h1-3,5-8,10,12H,4,9,11,13H2. The summed E-state index contributed by atoms with van der Waals surface area (Å²) in [5.41, 5.74) is 0.413. The van der Waals surface area contributed by atoms with Gasteiger partial charge in [-0.3, -0.25) is 0 Å². The third kappa shape index (κ3) is 2.48. The first-order chi connectivity index (χ1) is 11.1. The fourth-order valence-corrected chi connectivity index (χ4v) is 4.62. The van der Waals surface area contributed by atoms with E-state index in [-0.39, 0.29) is 5.09 Å². The third-order valence-electron chi connectivity index (χ3n) is 4.34. The number of hydrogen-bond donors (Lipinski definition) is 0. The summed E-state index contributed by atoms with van der Waals surface area (Å²) >= 11 is 0. The van der Waals surface area contributed by atoms with Crippen LogP contribution in [-0.2, 0) is 10.0 Å². The van der Waals surface area contributed by atoms with Crippen molar-refractivity contribution in [3.05, 3.63) is 54.3 Å². The molecule has 2 aromatic rings. The Balaban J connectivity index is 1.64. The molecule has 0 radical (unpaired) electrons. The highest BCUT2D eigenvalue weighted by Gasteiger charge is 2.42. The number of fused-ring (bicyclic) bond motifs is 1. The number of ether oxygens (including phenoxy) is 1. The minimum atomic E-state index is -3.62. The molecule has 1 saturated heterocycles. The van der Waals surface area contributed by atoms with E-state index in [0.29, 0.717) is 13.1 Å². The van der Waals surface area contributed by atoms with Crippen LogP contribution in [0.2, 0.25) is 0 Å². The van der Waals surface area contributed by atoms with Crippen LogP contribution in [0.5, 0.6) is 5.75 Å². The van der Waals surface area contributed by atoms with Crippen LogP contribution >= 0.6 is 0 Å². The molecule has 4 rings (SSSR count). The molecule has 0 amide bonds. The van der Waals surface area contributed by atoms with Crippen LogP contribution in [0, 0.1) is 0 Å². The molecule has 1 atom stereocenters. The summed E-state index contributed by atoms with van der Waals surface area (Å²) in [7, 11) is -3.62. The van der Waals surface area contributed by atoms with Crippen molar-refractivity contribution in [1.82, 2.24) is 4.31 Å². The summed E-state index contributed by atoms with van der Waals surface area (Å²) in [4.78, 5) is 0. The Morgan fingerprint density at radius 3 is 2.83 bits per heavy atom. The maximum Gasteiger partial charge on any atom is 0.276 e. The van der Waals surface area contributed by atoms with E-state index in [1.807, 2.05) is 36.4 Å². The molecule has 2 aliphatic heterocycles. The fraction of sp³-hybridized carbons (Fsp3) is 0.294. The van der Waals surface area contributed by atoms with Crippen LogP contribution in [0.1, 0.15) is 18.4 Å². The zero-order chi connectivity index (χ0) is 15.9. The number of hydrogen-bond acceptors (Lipinski definition) is 4. The smallest absolute Gasteiger partial charge is 0.276 e. The average molecular weight is 331 g/mol. The number of para-hydroxylation sites is 1. The summed E-state index contributed by atoms with van der Waals surface area (Å²) in [6, 6.07) is 10.8. The molecule has 0 bridgehead atoms. The van der Waals surface area contributed by atoms with Gasteiger partial charge in [0.1, 0.15) is 11.4 Å². The molecule has 5 nitrogen and oxygen atoms in total. The van der Waals surface area contributed by atoms with Gasteiger partial charge in [-0.2, -0.15) is 4.31 Å². The van der Waals surface area contributed by atoms with Gasteiger partial charge in [-0.05, 0) is 37.1 Å². The number of sulfonamides is 1. The van der Waals surface area contributed by atoms with E-state index in [1.165, 1.54) is 16.6 Å². The van der Waals surface area contributed by atoms with Gasteiger partial charge in [0.05, 0.1) is 12.8 Å². The molecule has 1 spiro atoms. The maximum absolute atomic E-state index is 12.7. The van der Waals surface area contributed by atoms with Crippen LogP contribution < -0.4 is 4.74 Å². The van der Waals surface area contributed by atoms with Crippen LogP contribution in [0.3, 0.4) is 0 Å². The Kier molecular flexibility index (Phi) is 3.32. The molecule has 0 saturated carbocycles. The van der Waals surface area contributed by atoms with Crippen molar-refractivity contribution < 1.29 is 17.6 Å². The Bertz CT molecular complexity index is 841. The average Bonchev–Trinajstić information content (AvgIpc) is 3.10. The van der Waals surface area contributed by atoms with Crippen molar-refractivity contribution >= 4 is 16.1 Å². The van der Waals surface area contributed by atoms with E-state index >= 15 is 0 Å². The lowest BCUT2D eigenvalue weighted by Gasteiger charge is -2.41. The number of piperidine rings is 1. The molecular formula is C17H17NO4S. The van der Waals surface area contributed by atoms with Crippen LogP contribution in [0.25, 0.3) is 6.08 Å². The molecule has 2 aliphatic rings. The van der Waals surface area contributed by atoms with Gasteiger partial charge < -0.3 is 9.15 Å². The summed E-state index contributed by atoms with van der Waals surface area (Å²) in [5.74, 6) is 0.798. The Labute approximate surface area is 135 Å². The molecule has 23 heavy (non-hydrogen) atoms. The maximum atomic E-state index is 12.7. The van der Waals surface area contributed by atoms with Gasteiger partial charge in [-0.1, -0.05) is 24.3 Å². The normalized spacial score (nSPS) is 24.3. The monoisotopic (exact) mass is 331 g/mol. The predicted molar refractivity (Wildman–Crippen MR) is 85.5 cm³/mol. The van der Waals surface area contributed by atoms with Crippen molar-refractivity contribution in [2.24, 2.45) is 0 Å². The van der Waals surface area contributed by atoms with Crippen molar-refractivity contribution in [1.29, 1.82) is 0 Å². The third-order valence-corrected chi connectivity index (χ3v) is 6.07. The largest absolute Gasteiger partial charge is 0.481 e. The van der Waals surface area contributed by atoms with Crippen molar-refractivity contribution in [2.45, 2.75) is 23.5 Å². The molecule has 1 aromatic heterocycles. The summed E-state index contributed by atoms with van der Waals surface area (Å²) in [6.07, 6.45) is 6.91. The van der Waals surface area contributed by atoms with Gasteiger partial charge >= 0.3 is 0 Å². The Morgan fingerprint density at radius 1 is 1.13 bits per heavy atom. The quantitative estimate of drug-likeness (QED) is 0.849. The van der Waals surface area contributed by atoms with Crippen LogP contribution in [0.4, 0.5) is 0 Å². The number of nitrogens with zero attached hydrogens (tertiary/aromatic N) is 1. The van der Waals surface area contributed by atoms with Crippen molar-refractivity contribution in [2.75, 3.05) is 13.1 Å². The fourth-order valence-electron chi connectivity index (χ4n) is 3.18. The van der Waals surface area contributed by atoms with Gasteiger partial charge in [0.25, 0.3) is 10.0 Å². The second-order valence-electron chi connectivity index (χ2n) is 5.91. The van der Waals surface area contributed by atoms with E-state index in [9.17, 15) is 8.42 Å². The molecule has 1 aromatic carbocycles. The lowest BCUT2D eigenvalue weighted by molar-refractivity contribution is 0.0574. The first-order valence-electron chi connectivity index (χ1n) is 7.60. The Morgan fingerprint density at radius 2 is 2.00 bits per heavy atom. The lowest BCUT2D eigenvalue weighted by Crippen LogP contribution is -2.52. The Hall–Kier alpha value is -2.05. The van der Waals surface area contributed by atoms with Gasteiger partial charge in [-0.25, -0.2) is 8.42 Å². The van der Waals surface area contributed by atoms with Crippen LogP contribution in [-0.4, -0.2) is 31.4 Å². The highest BCUT2D eigenvalue weighted by atomic mass is 32.2. The van der Waals surface area contributed by atoms with Crippen LogP contribution in [0.15, 0.2) is 58.2 Å². The SMILES string of the molecule is O=S(=O)(c1ccco1)N1CCCC2(C=Cc3ccccc3O2)C1. The summed E-state index contributed by atoms with van der Waals surface area (Å²) < 4.78 is 38.1. The number of furan rings is 1. The van der Waals surface area contributed by atoms with Gasteiger partial charge in [0.15, 0.2) is 0 Å². The first-order valence-corrected chi connectivity index (χ1v) is 9.04. The van der Waals surface area contributed by atoms with Crippen molar-refractivity contribution in [3.8, 4) is 5.75 Å². The minimum Gasteiger partial charge on any atom is -0.481 e. The molecule has 3 heterocycles. The minimum absolute atomic E-state index is 0.0188. The predicted octanol–water partition coefficient (Wildman–Crippen LogP) is 2.91. The zero-order valence-electron chi connectivity index (χ0n) is 12.5. The number of rotatable bonds is 2. The number of benzene rings is 1. The zero-order valence-corrected chi connectivity index (χ0v) is 13.3. The summed E-state index contributed by atoms with van der Waals surface area (Å²) in [5, 5.41) is -0.0188. The molecule has 6 heteroatoms. The van der Waals surface area contributed by atoms with Gasteiger partial charge in [-0.15, -0.1) is 0 Å². The first kappa shape index (κ1) is 14.5. The molecule has 0 N–H and O–H groups in total.